The van der Waals surface area contributed by atoms with Crippen LogP contribution in [0.25, 0.3) is 0 Å². The van der Waals surface area contributed by atoms with Crippen molar-refractivity contribution in [2.75, 3.05) is 0 Å². The average Bonchev–Trinajstić information content (AvgIpc) is 2.18. The van der Waals surface area contributed by atoms with Crippen LogP contribution in [0.3, 0.4) is 0 Å². The Bertz CT molecular complexity index is 295. The van der Waals surface area contributed by atoms with E-state index in [1.54, 1.807) is 6.20 Å². The number of hydrogen-bond donors (Lipinski definition) is 1. The van der Waals surface area contributed by atoms with Crippen molar-refractivity contribution in [3.8, 4) is 0 Å². The molecule has 0 radical (unpaired) electrons. The lowest BCUT2D eigenvalue weighted by atomic mass is 9.98. The molecule has 0 aliphatic rings. The number of pyridine rings is 1. The van der Waals surface area contributed by atoms with Gasteiger partial charge in [0, 0.05) is 11.9 Å². The van der Waals surface area contributed by atoms with Gasteiger partial charge in [-0.3, -0.25) is 9.78 Å². The number of nitrogens with two attached hydrogens (primary N) is 1. The second kappa shape index (κ2) is 4.86. The van der Waals surface area contributed by atoms with Crippen molar-refractivity contribution in [1.29, 1.82) is 0 Å². The van der Waals surface area contributed by atoms with Gasteiger partial charge in [-0.25, -0.2) is 0 Å². The third-order valence-electron chi connectivity index (χ3n) is 2.17. The fraction of sp³-hybridized carbons (Fsp3) is 0.455. The molecule has 0 saturated carbocycles. The van der Waals surface area contributed by atoms with Crippen molar-refractivity contribution < 1.29 is 4.79 Å². The Hall–Kier alpha value is -1.22. The lowest BCUT2D eigenvalue weighted by Crippen LogP contribution is -2.36. The summed E-state index contributed by atoms with van der Waals surface area (Å²) in [5, 5.41) is 0. The van der Waals surface area contributed by atoms with Gasteiger partial charge in [0.25, 0.3) is 0 Å². The van der Waals surface area contributed by atoms with E-state index in [0.717, 1.165) is 5.69 Å². The second-order valence-electron chi connectivity index (χ2n) is 3.73. The van der Waals surface area contributed by atoms with Crippen LogP contribution < -0.4 is 5.73 Å². The van der Waals surface area contributed by atoms with E-state index in [-0.39, 0.29) is 17.7 Å². The van der Waals surface area contributed by atoms with E-state index in [1.165, 1.54) is 0 Å². The number of nitrogens with zero attached hydrogens (tertiary/aromatic N) is 1. The molecule has 14 heavy (non-hydrogen) atoms. The van der Waals surface area contributed by atoms with Crippen LogP contribution >= 0.6 is 0 Å². The monoisotopic (exact) mass is 192 g/mol. The maximum absolute atomic E-state index is 11.6. The predicted molar refractivity (Wildman–Crippen MR) is 55.8 cm³/mol. The molecule has 0 aromatic carbocycles. The molecule has 1 aromatic heterocycles. The molecule has 1 aromatic rings. The molecule has 76 valence electrons. The van der Waals surface area contributed by atoms with Crippen molar-refractivity contribution >= 4 is 5.78 Å². The van der Waals surface area contributed by atoms with Crippen molar-refractivity contribution in [2.24, 2.45) is 11.7 Å². The fourth-order valence-corrected chi connectivity index (χ4v) is 1.17. The minimum absolute atomic E-state index is 0.0544. The number of carbonyl (C=O) groups excluding carboxylic acids is 1. The summed E-state index contributed by atoms with van der Waals surface area (Å²) in [5.41, 5.74) is 6.52. The lowest BCUT2D eigenvalue weighted by molar-refractivity contribution is -0.120. The van der Waals surface area contributed by atoms with E-state index in [4.69, 9.17) is 5.73 Å². The first-order valence-corrected chi connectivity index (χ1v) is 4.79. The van der Waals surface area contributed by atoms with E-state index in [9.17, 15) is 4.79 Å². The summed E-state index contributed by atoms with van der Waals surface area (Å²) < 4.78 is 0. The Morgan fingerprint density at radius 1 is 1.50 bits per heavy atom. The summed E-state index contributed by atoms with van der Waals surface area (Å²) >= 11 is 0. The molecule has 3 heteroatoms. The maximum atomic E-state index is 11.6. The molecule has 0 aliphatic carbocycles. The van der Waals surface area contributed by atoms with Gasteiger partial charge in [-0.05, 0) is 18.1 Å². The molecule has 1 rings (SSSR count). The third-order valence-corrected chi connectivity index (χ3v) is 2.17. The zero-order valence-electron chi connectivity index (χ0n) is 8.60. The highest BCUT2D eigenvalue weighted by atomic mass is 16.1. The molecule has 0 saturated heterocycles. The molecule has 1 atom stereocenters. The highest BCUT2D eigenvalue weighted by Crippen LogP contribution is 2.04. The fourth-order valence-electron chi connectivity index (χ4n) is 1.17. The Morgan fingerprint density at radius 3 is 2.71 bits per heavy atom. The Labute approximate surface area is 84.3 Å². The number of hydrogen-bond acceptors (Lipinski definition) is 3. The molecule has 1 unspecified atom stereocenters. The Morgan fingerprint density at radius 2 is 2.21 bits per heavy atom. The van der Waals surface area contributed by atoms with Gasteiger partial charge in [0.1, 0.15) is 0 Å². The van der Waals surface area contributed by atoms with Crippen LogP contribution in [0.5, 0.6) is 0 Å². The topological polar surface area (TPSA) is 56.0 Å². The average molecular weight is 192 g/mol. The maximum Gasteiger partial charge on any atom is 0.155 e. The number of ketones is 1. The van der Waals surface area contributed by atoms with Gasteiger partial charge in [0.15, 0.2) is 5.78 Å². The van der Waals surface area contributed by atoms with Gasteiger partial charge in [-0.2, -0.15) is 0 Å². The first-order valence-electron chi connectivity index (χ1n) is 4.79. The summed E-state index contributed by atoms with van der Waals surface area (Å²) in [7, 11) is 0. The van der Waals surface area contributed by atoms with Crippen molar-refractivity contribution in [2.45, 2.75) is 26.3 Å². The van der Waals surface area contributed by atoms with Gasteiger partial charge in [-0.1, -0.05) is 19.9 Å². The number of rotatable bonds is 4. The molecule has 3 nitrogen and oxygen atoms in total. The van der Waals surface area contributed by atoms with Crippen LogP contribution in [0.2, 0.25) is 0 Å². The molecule has 0 spiro atoms. The summed E-state index contributed by atoms with van der Waals surface area (Å²) in [6.07, 6.45) is 2.02. The molecular formula is C11H16N2O. The molecule has 2 N–H and O–H groups in total. The molecule has 0 amide bonds. The highest BCUT2D eigenvalue weighted by Gasteiger charge is 2.17. The smallest absolute Gasteiger partial charge is 0.155 e. The number of carbonyl (C=O) groups is 1. The molecule has 0 aliphatic heterocycles. The zero-order valence-corrected chi connectivity index (χ0v) is 8.60. The SMILES string of the molecule is CC(C)C(N)C(=O)Cc1ccccn1. The van der Waals surface area contributed by atoms with Crippen LogP contribution in [-0.2, 0) is 11.2 Å². The lowest BCUT2D eigenvalue weighted by Gasteiger charge is -2.13. The van der Waals surface area contributed by atoms with Crippen molar-refractivity contribution in [1.82, 2.24) is 4.98 Å². The van der Waals surface area contributed by atoms with Gasteiger partial charge >= 0.3 is 0 Å². The van der Waals surface area contributed by atoms with Gasteiger partial charge < -0.3 is 5.73 Å². The quantitative estimate of drug-likeness (QED) is 0.779. The molecule has 1 heterocycles. The first kappa shape index (κ1) is 10.9. The summed E-state index contributed by atoms with van der Waals surface area (Å²) in [4.78, 5) is 15.7. The van der Waals surface area contributed by atoms with Crippen molar-refractivity contribution in [3.63, 3.8) is 0 Å². The van der Waals surface area contributed by atoms with E-state index < -0.39 is 0 Å². The van der Waals surface area contributed by atoms with E-state index >= 15 is 0 Å². The molecule has 0 fully saturated rings. The number of aromatic nitrogens is 1. The van der Waals surface area contributed by atoms with Crippen LogP contribution in [0.4, 0.5) is 0 Å². The van der Waals surface area contributed by atoms with Crippen LogP contribution in [0, 0.1) is 5.92 Å². The van der Waals surface area contributed by atoms with Crippen LogP contribution in [0.15, 0.2) is 24.4 Å². The summed E-state index contributed by atoms with van der Waals surface area (Å²) in [6, 6.07) is 5.16. The van der Waals surface area contributed by atoms with Gasteiger partial charge in [0.2, 0.25) is 0 Å². The zero-order chi connectivity index (χ0) is 10.6. The summed E-state index contributed by atoms with van der Waals surface area (Å²) in [5.74, 6) is 0.241. The molecule has 0 bridgehead atoms. The third kappa shape index (κ3) is 2.92. The molecular weight excluding hydrogens is 176 g/mol. The minimum atomic E-state index is -0.378. The van der Waals surface area contributed by atoms with Crippen LogP contribution in [-0.4, -0.2) is 16.8 Å². The standard InChI is InChI=1S/C11H16N2O/c1-8(2)11(12)10(14)7-9-5-3-4-6-13-9/h3-6,8,11H,7,12H2,1-2H3. The normalized spacial score (nSPS) is 12.9. The first-order chi connectivity index (χ1) is 6.61. The Kier molecular flexibility index (Phi) is 3.77. The van der Waals surface area contributed by atoms with Crippen LogP contribution in [0.1, 0.15) is 19.5 Å². The van der Waals surface area contributed by atoms with E-state index in [1.807, 2.05) is 32.0 Å². The largest absolute Gasteiger partial charge is 0.321 e. The van der Waals surface area contributed by atoms with Crippen molar-refractivity contribution in [3.05, 3.63) is 30.1 Å². The van der Waals surface area contributed by atoms with Gasteiger partial charge in [0.05, 0.1) is 12.5 Å². The predicted octanol–water partition coefficient (Wildman–Crippen LogP) is 1.18. The summed E-state index contributed by atoms with van der Waals surface area (Å²) in [6.45, 7) is 3.89. The van der Waals surface area contributed by atoms with Gasteiger partial charge in [-0.15, -0.1) is 0 Å². The van der Waals surface area contributed by atoms with E-state index in [2.05, 4.69) is 4.98 Å². The second-order valence-corrected chi connectivity index (χ2v) is 3.73. The van der Waals surface area contributed by atoms with E-state index in [0.29, 0.717) is 6.42 Å². The minimum Gasteiger partial charge on any atom is -0.321 e. The number of Topliss-reactive ketones (excluding diaryl/α,β-unsaturated/α-hetero) is 1. The highest BCUT2D eigenvalue weighted by molar-refractivity contribution is 5.85. The Balaban J connectivity index is 2.58.